The second kappa shape index (κ2) is 6.67. The maximum absolute atomic E-state index is 4.84. The first-order valence-corrected chi connectivity index (χ1v) is 7.96. The topological polar surface area (TPSA) is 24.4 Å². The summed E-state index contributed by atoms with van der Waals surface area (Å²) in [5, 5.41) is 4.78. The van der Waals surface area contributed by atoms with Gasteiger partial charge in [0.1, 0.15) is 0 Å². The van der Waals surface area contributed by atoms with Gasteiger partial charge in [-0.05, 0) is 39.0 Å². The molecule has 3 unspecified atom stereocenters. The molecule has 0 aromatic heterocycles. The number of hydrogen-bond donors (Lipinski definition) is 1. The Hall–Kier alpha value is -0.180. The Morgan fingerprint density at radius 1 is 1.41 bits per heavy atom. The first-order valence-electron chi connectivity index (χ1n) is 6.98. The molecule has 1 heterocycles. The Morgan fingerprint density at radius 2 is 2.12 bits per heavy atom. The van der Waals surface area contributed by atoms with Crippen LogP contribution in [0, 0.1) is 5.92 Å². The molecule has 1 aliphatic heterocycles. The van der Waals surface area contributed by atoms with Crippen LogP contribution in [0.25, 0.3) is 0 Å². The molecule has 1 rings (SSSR count). The summed E-state index contributed by atoms with van der Waals surface area (Å²) in [4.78, 5) is 4.84. The van der Waals surface area contributed by atoms with Gasteiger partial charge in [-0.2, -0.15) is 0 Å². The third kappa shape index (κ3) is 4.90. The van der Waals surface area contributed by atoms with Crippen LogP contribution >= 0.6 is 11.8 Å². The van der Waals surface area contributed by atoms with Gasteiger partial charge in [-0.3, -0.25) is 4.99 Å². The number of amidine groups is 1. The van der Waals surface area contributed by atoms with Gasteiger partial charge in [0, 0.05) is 11.3 Å². The number of nitrogens with zero attached hydrogens (tertiary/aromatic N) is 1. The molecule has 0 aromatic rings. The Bertz CT molecular complexity index is 265. The van der Waals surface area contributed by atoms with E-state index in [1.54, 1.807) is 0 Å². The normalized spacial score (nSPS) is 31.0. The Balaban J connectivity index is 2.53. The highest BCUT2D eigenvalue weighted by Gasteiger charge is 2.27. The molecule has 0 saturated carbocycles. The number of thioether (sulfide) groups is 1. The molecule has 17 heavy (non-hydrogen) atoms. The maximum Gasteiger partial charge on any atom is 0.157 e. The summed E-state index contributed by atoms with van der Waals surface area (Å²) in [5.74, 6) is 1.98. The maximum atomic E-state index is 4.84. The fourth-order valence-electron chi connectivity index (χ4n) is 2.07. The van der Waals surface area contributed by atoms with Gasteiger partial charge in [0.15, 0.2) is 5.17 Å². The smallest absolute Gasteiger partial charge is 0.157 e. The fraction of sp³-hybridized carbons (Fsp3) is 0.929. The van der Waals surface area contributed by atoms with Crippen LogP contribution in [0.15, 0.2) is 4.99 Å². The third-order valence-electron chi connectivity index (χ3n) is 3.86. The van der Waals surface area contributed by atoms with Crippen molar-refractivity contribution < 1.29 is 0 Å². The predicted molar refractivity (Wildman–Crippen MR) is 79.9 cm³/mol. The van der Waals surface area contributed by atoms with Crippen molar-refractivity contribution in [3.63, 3.8) is 0 Å². The van der Waals surface area contributed by atoms with Crippen molar-refractivity contribution in [3.05, 3.63) is 0 Å². The lowest BCUT2D eigenvalue weighted by atomic mass is 9.96. The predicted octanol–water partition coefficient (Wildman–Crippen LogP) is 4.06. The van der Waals surface area contributed by atoms with Crippen molar-refractivity contribution in [2.24, 2.45) is 10.9 Å². The molecule has 1 fully saturated rings. The monoisotopic (exact) mass is 256 g/mol. The van der Waals surface area contributed by atoms with Crippen molar-refractivity contribution in [2.75, 3.05) is 5.75 Å². The molecule has 0 bridgehead atoms. The van der Waals surface area contributed by atoms with Gasteiger partial charge >= 0.3 is 0 Å². The lowest BCUT2D eigenvalue weighted by Crippen LogP contribution is -2.48. The summed E-state index contributed by atoms with van der Waals surface area (Å²) in [5.41, 5.74) is 0.264. The zero-order chi connectivity index (χ0) is 12.9. The minimum Gasteiger partial charge on any atom is -0.360 e. The molecule has 0 amide bonds. The first kappa shape index (κ1) is 14.9. The van der Waals surface area contributed by atoms with E-state index < -0.39 is 0 Å². The highest BCUT2D eigenvalue weighted by Crippen LogP contribution is 2.25. The summed E-state index contributed by atoms with van der Waals surface area (Å²) in [6.07, 6.45) is 4.87. The van der Waals surface area contributed by atoms with Gasteiger partial charge in [0.2, 0.25) is 0 Å². The number of hydrogen-bond acceptors (Lipinski definition) is 2. The molecular formula is C14H28N2S. The zero-order valence-electron chi connectivity index (χ0n) is 12.0. The van der Waals surface area contributed by atoms with E-state index in [4.69, 9.17) is 4.99 Å². The molecule has 0 aliphatic carbocycles. The highest BCUT2D eigenvalue weighted by atomic mass is 32.2. The largest absolute Gasteiger partial charge is 0.360 e. The Labute approximate surface area is 111 Å². The summed E-state index contributed by atoms with van der Waals surface area (Å²) < 4.78 is 0. The van der Waals surface area contributed by atoms with Crippen molar-refractivity contribution in [2.45, 2.75) is 71.9 Å². The SMILES string of the molecule is CCC(C)CC(C)N=C1NC(C)(CC)CCS1. The summed E-state index contributed by atoms with van der Waals surface area (Å²) in [6, 6.07) is 0.444. The van der Waals surface area contributed by atoms with Crippen molar-refractivity contribution >= 4 is 16.9 Å². The molecule has 0 radical (unpaired) electrons. The minimum atomic E-state index is 0.264. The second-order valence-electron chi connectivity index (χ2n) is 5.67. The van der Waals surface area contributed by atoms with Crippen molar-refractivity contribution in [1.82, 2.24) is 5.32 Å². The lowest BCUT2D eigenvalue weighted by Gasteiger charge is -2.35. The zero-order valence-corrected chi connectivity index (χ0v) is 12.9. The molecular weight excluding hydrogens is 228 g/mol. The molecule has 3 atom stereocenters. The quantitative estimate of drug-likeness (QED) is 0.802. The molecule has 0 spiro atoms. The minimum absolute atomic E-state index is 0.264. The van der Waals surface area contributed by atoms with E-state index in [1.807, 2.05) is 11.8 Å². The second-order valence-corrected chi connectivity index (χ2v) is 6.75. The number of rotatable bonds is 5. The van der Waals surface area contributed by atoms with E-state index in [2.05, 4.69) is 39.9 Å². The van der Waals surface area contributed by atoms with Crippen LogP contribution in [-0.2, 0) is 0 Å². The lowest BCUT2D eigenvalue weighted by molar-refractivity contribution is 0.388. The number of nitrogens with one attached hydrogen (secondary N) is 1. The first-order chi connectivity index (χ1) is 7.99. The van der Waals surface area contributed by atoms with Crippen LogP contribution in [0.4, 0.5) is 0 Å². The average Bonchev–Trinajstić information content (AvgIpc) is 2.28. The molecule has 3 heteroatoms. The van der Waals surface area contributed by atoms with Crippen LogP contribution in [-0.4, -0.2) is 22.5 Å². The van der Waals surface area contributed by atoms with Gasteiger partial charge in [-0.1, -0.05) is 39.0 Å². The molecule has 1 saturated heterocycles. The van der Waals surface area contributed by atoms with E-state index in [-0.39, 0.29) is 5.54 Å². The highest BCUT2D eigenvalue weighted by molar-refractivity contribution is 8.13. The van der Waals surface area contributed by atoms with Crippen molar-refractivity contribution in [1.29, 1.82) is 0 Å². The Kier molecular flexibility index (Phi) is 5.84. The van der Waals surface area contributed by atoms with Crippen LogP contribution in [0.3, 0.4) is 0 Å². The van der Waals surface area contributed by atoms with Gasteiger partial charge in [0.05, 0.1) is 6.04 Å². The van der Waals surface area contributed by atoms with Crippen LogP contribution in [0.2, 0.25) is 0 Å². The summed E-state index contributed by atoms with van der Waals surface area (Å²) >= 11 is 1.88. The summed E-state index contributed by atoms with van der Waals surface area (Å²) in [6.45, 7) is 11.4. The van der Waals surface area contributed by atoms with E-state index >= 15 is 0 Å². The van der Waals surface area contributed by atoms with Crippen LogP contribution in [0.5, 0.6) is 0 Å². The van der Waals surface area contributed by atoms with E-state index in [1.165, 1.54) is 31.4 Å². The summed E-state index contributed by atoms with van der Waals surface area (Å²) in [7, 11) is 0. The molecule has 100 valence electrons. The third-order valence-corrected chi connectivity index (χ3v) is 4.75. The average molecular weight is 256 g/mol. The van der Waals surface area contributed by atoms with Gasteiger partial charge in [-0.15, -0.1) is 0 Å². The van der Waals surface area contributed by atoms with E-state index in [0.717, 1.165) is 11.1 Å². The Morgan fingerprint density at radius 3 is 2.71 bits per heavy atom. The van der Waals surface area contributed by atoms with Crippen molar-refractivity contribution in [3.8, 4) is 0 Å². The van der Waals surface area contributed by atoms with E-state index in [9.17, 15) is 0 Å². The van der Waals surface area contributed by atoms with Gasteiger partial charge < -0.3 is 5.32 Å². The van der Waals surface area contributed by atoms with E-state index in [0.29, 0.717) is 6.04 Å². The molecule has 0 aromatic carbocycles. The van der Waals surface area contributed by atoms with Crippen LogP contribution in [0.1, 0.15) is 60.3 Å². The fourth-order valence-corrected chi connectivity index (χ4v) is 3.39. The standard InChI is InChI=1S/C14H28N2S/c1-6-11(3)10-12(4)15-13-16-14(5,7-2)8-9-17-13/h11-12H,6-10H2,1-5H3,(H,15,16). The molecule has 1 N–H and O–H groups in total. The van der Waals surface area contributed by atoms with Gasteiger partial charge in [0.25, 0.3) is 0 Å². The molecule has 2 nitrogen and oxygen atoms in total. The molecule has 1 aliphatic rings. The van der Waals surface area contributed by atoms with Crippen LogP contribution < -0.4 is 5.32 Å². The van der Waals surface area contributed by atoms with Gasteiger partial charge in [-0.25, -0.2) is 0 Å². The number of aliphatic imine (C=N–C) groups is 1.